The molecule has 32 heavy (non-hydrogen) atoms. The van der Waals surface area contributed by atoms with Crippen LogP contribution in [0.3, 0.4) is 0 Å². The third kappa shape index (κ3) is 4.22. The molecule has 1 aromatic rings. The molecular formula is C24H27FN4O3. The fourth-order valence-corrected chi connectivity index (χ4v) is 4.53. The van der Waals surface area contributed by atoms with Gasteiger partial charge < -0.3 is 10.2 Å². The van der Waals surface area contributed by atoms with Gasteiger partial charge in [0.2, 0.25) is 5.91 Å². The van der Waals surface area contributed by atoms with Crippen molar-refractivity contribution >= 4 is 29.2 Å². The molecule has 0 spiro atoms. The van der Waals surface area contributed by atoms with Crippen LogP contribution in [-0.4, -0.2) is 46.6 Å². The van der Waals surface area contributed by atoms with E-state index in [0.717, 1.165) is 36.2 Å². The number of para-hydroxylation sites is 1. The lowest BCUT2D eigenvalue weighted by molar-refractivity contribution is -0.133. The average molecular weight is 439 g/mol. The summed E-state index contributed by atoms with van der Waals surface area (Å²) < 4.78 is 14.8. The Bertz CT molecular complexity index is 1040. The van der Waals surface area contributed by atoms with Crippen molar-refractivity contribution in [3.63, 3.8) is 0 Å². The third-order valence-corrected chi connectivity index (χ3v) is 6.23. The molecule has 2 heterocycles. The summed E-state index contributed by atoms with van der Waals surface area (Å²) in [5.74, 6) is -1.57. The number of halogens is 1. The molecule has 1 aliphatic carbocycles. The van der Waals surface area contributed by atoms with Crippen molar-refractivity contribution in [1.82, 2.24) is 10.2 Å². The van der Waals surface area contributed by atoms with Gasteiger partial charge >= 0.3 is 0 Å². The van der Waals surface area contributed by atoms with Crippen molar-refractivity contribution in [1.29, 1.82) is 0 Å². The topological polar surface area (TPSA) is 82.1 Å². The van der Waals surface area contributed by atoms with E-state index >= 15 is 0 Å². The smallest absolute Gasteiger partial charge is 0.254 e. The SMILES string of the molecule is CC1=CC2=NC(=O)C[C@](C)(C(=O)N(CC(=O)NC3CCCC3)c3ccccc3F)N2C=C1. The lowest BCUT2D eigenvalue weighted by Crippen LogP contribution is -2.62. The number of nitrogens with one attached hydrogen (secondary N) is 1. The summed E-state index contributed by atoms with van der Waals surface area (Å²) in [6.45, 7) is 3.16. The molecular weight excluding hydrogens is 411 g/mol. The summed E-state index contributed by atoms with van der Waals surface area (Å²) in [4.78, 5) is 46.0. The lowest BCUT2D eigenvalue weighted by Gasteiger charge is -2.44. The minimum absolute atomic E-state index is 0.00419. The molecule has 1 fully saturated rings. The van der Waals surface area contributed by atoms with Crippen LogP contribution in [0.5, 0.6) is 0 Å². The second-order valence-corrected chi connectivity index (χ2v) is 8.78. The zero-order chi connectivity index (χ0) is 22.9. The Morgan fingerprint density at radius 2 is 2.00 bits per heavy atom. The lowest BCUT2D eigenvalue weighted by atomic mass is 9.89. The van der Waals surface area contributed by atoms with Crippen LogP contribution in [-0.2, 0) is 14.4 Å². The van der Waals surface area contributed by atoms with Gasteiger partial charge in [0, 0.05) is 12.2 Å². The van der Waals surface area contributed by atoms with Crippen molar-refractivity contribution in [3.8, 4) is 0 Å². The normalized spacial score (nSPS) is 22.8. The number of rotatable bonds is 5. The molecule has 0 saturated heterocycles. The molecule has 1 aromatic carbocycles. The largest absolute Gasteiger partial charge is 0.352 e. The minimum Gasteiger partial charge on any atom is -0.352 e. The van der Waals surface area contributed by atoms with E-state index in [1.54, 1.807) is 30.2 Å². The van der Waals surface area contributed by atoms with Gasteiger partial charge in [-0.05, 0) is 56.5 Å². The van der Waals surface area contributed by atoms with Gasteiger partial charge in [-0.2, -0.15) is 4.99 Å². The molecule has 7 nitrogen and oxygen atoms in total. The number of amides is 3. The molecule has 3 aliphatic rings. The number of hydrogen-bond acceptors (Lipinski definition) is 4. The van der Waals surface area contributed by atoms with E-state index in [2.05, 4.69) is 10.3 Å². The van der Waals surface area contributed by atoms with E-state index in [4.69, 9.17) is 0 Å². The highest BCUT2D eigenvalue weighted by Gasteiger charge is 2.48. The first-order valence-electron chi connectivity index (χ1n) is 10.9. The summed E-state index contributed by atoms with van der Waals surface area (Å²) in [5, 5.41) is 2.96. The van der Waals surface area contributed by atoms with Crippen LogP contribution in [0.1, 0.15) is 46.0 Å². The number of nitrogens with zero attached hydrogens (tertiary/aromatic N) is 3. The van der Waals surface area contributed by atoms with Gasteiger partial charge in [-0.1, -0.05) is 25.0 Å². The van der Waals surface area contributed by atoms with Gasteiger partial charge in [0.05, 0.1) is 12.1 Å². The van der Waals surface area contributed by atoms with Gasteiger partial charge in [-0.25, -0.2) is 4.39 Å². The molecule has 168 valence electrons. The Hall–Kier alpha value is -3.29. The number of carbonyl (C=O) groups excluding carboxylic acids is 3. The molecule has 4 rings (SSSR count). The quantitative estimate of drug-likeness (QED) is 0.766. The summed E-state index contributed by atoms with van der Waals surface area (Å²) in [6.07, 6.45) is 8.97. The number of aliphatic imine (C=N–C) groups is 1. The number of amidine groups is 1. The monoisotopic (exact) mass is 438 g/mol. The van der Waals surface area contributed by atoms with Gasteiger partial charge in [-0.3, -0.25) is 19.3 Å². The zero-order valence-corrected chi connectivity index (χ0v) is 18.3. The van der Waals surface area contributed by atoms with Crippen LogP contribution in [0, 0.1) is 5.82 Å². The fourth-order valence-electron chi connectivity index (χ4n) is 4.53. The molecule has 1 saturated carbocycles. The molecule has 8 heteroatoms. The second kappa shape index (κ2) is 8.68. The van der Waals surface area contributed by atoms with E-state index < -0.39 is 23.2 Å². The average Bonchev–Trinajstić information content (AvgIpc) is 3.24. The summed E-state index contributed by atoms with van der Waals surface area (Å²) in [5.41, 5.74) is -0.450. The van der Waals surface area contributed by atoms with Crippen molar-refractivity contribution < 1.29 is 18.8 Å². The number of hydrogen-bond donors (Lipinski definition) is 1. The van der Waals surface area contributed by atoms with Crippen LogP contribution in [0.25, 0.3) is 0 Å². The van der Waals surface area contributed by atoms with Crippen LogP contribution >= 0.6 is 0 Å². The van der Waals surface area contributed by atoms with Crippen molar-refractivity contribution in [2.75, 3.05) is 11.4 Å². The maximum Gasteiger partial charge on any atom is 0.254 e. The molecule has 3 amide bonds. The Morgan fingerprint density at radius 3 is 2.72 bits per heavy atom. The molecule has 0 bridgehead atoms. The first-order valence-corrected chi connectivity index (χ1v) is 10.9. The van der Waals surface area contributed by atoms with E-state index in [9.17, 15) is 18.8 Å². The highest BCUT2D eigenvalue weighted by molar-refractivity contribution is 6.13. The van der Waals surface area contributed by atoms with Gasteiger partial charge in [0.15, 0.2) is 0 Å². The summed E-state index contributed by atoms with van der Waals surface area (Å²) in [6, 6.07) is 5.93. The van der Waals surface area contributed by atoms with Gasteiger partial charge in [-0.15, -0.1) is 0 Å². The van der Waals surface area contributed by atoms with Crippen molar-refractivity contribution in [2.24, 2.45) is 4.99 Å². The first kappa shape index (κ1) is 21.9. The van der Waals surface area contributed by atoms with Crippen LogP contribution in [0.15, 0.2) is 53.2 Å². The van der Waals surface area contributed by atoms with Gasteiger partial charge in [0.25, 0.3) is 11.8 Å². The minimum atomic E-state index is -1.35. The van der Waals surface area contributed by atoms with Crippen molar-refractivity contribution in [3.05, 3.63) is 54.0 Å². The van der Waals surface area contributed by atoms with E-state index in [0.29, 0.717) is 5.84 Å². The Labute approximate surface area is 186 Å². The third-order valence-electron chi connectivity index (χ3n) is 6.23. The van der Waals surface area contributed by atoms with E-state index in [1.807, 2.05) is 13.0 Å². The highest BCUT2D eigenvalue weighted by Crippen LogP contribution is 2.33. The molecule has 1 atom stereocenters. The number of benzene rings is 1. The molecule has 0 unspecified atom stereocenters. The standard InChI is InChI=1S/C24H27FN4O3/c1-16-11-12-29-20(13-16)27-21(30)14-24(29,2)23(32)28(19-10-6-5-9-18(19)25)15-22(31)26-17-7-3-4-8-17/h5-6,9-13,17H,3-4,7-8,14-15H2,1-2H3,(H,26,31)/t24-/m1/s1. The van der Waals surface area contributed by atoms with E-state index in [-0.39, 0.29) is 30.6 Å². The van der Waals surface area contributed by atoms with Gasteiger partial charge in [0.1, 0.15) is 23.7 Å². The molecule has 1 N–H and O–H groups in total. The summed E-state index contributed by atoms with van der Waals surface area (Å²) >= 11 is 0. The van der Waals surface area contributed by atoms with Crippen LogP contribution in [0.4, 0.5) is 10.1 Å². The second-order valence-electron chi connectivity index (χ2n) is 8.78. The highest BCUT2D eigenvalue weighted by atomic mass is 19.1. The summed E-state index contributed by atoms with van der Waals surface area (Å²) in [7, 11) is 0. The molecule has 0 aromatic heterocycles. The predicted octanol–water partition coefficient (Wildman–Crippen LogP) is 3.08. The fraction of sp³-hybridized carbons (Fsp3) is 0.417. The van der Waals surface area contributed by atoms with Crippen LogP contribution in [0.2, 0.25) is 0 Å². The van der Waals surface area contributed by atoms with Crippen LogP contribution < -0.4 is 10.2 Å². The maximum absolute atomic E-state index is 14.8. The molecule has 2 aliphatic heterocycles. The predicted molar refractivity (Wildman–Crippen MR) is 119 cm³/mol. The number of allylic oxidation sites excluding steroid dienone is 2. The van der Waals surface area contributed by atoms with E-state index in [1.165, 1.54) is 18.2 Å². The molecule has 0 radical (unpaired) electrons. The zero-order valence-electron chi connectivity index (χ0n) is 18.3. The Kier molecular flexibility index (Phi) is 5.95. The number of fused-ring (bicyclic) bond motifs is 1. The number of anilines is 1. The first-order chi connectivity index (χ1) is 15.3. The maximum atomic E-state index is 14.8. The number of carbonyl (C=O) groups is 3. The Morgan fingerprint density at radius 1 is 1.28 bits per heavy atom. The van der Waals surface area contributed by atoms with Crippen molar-refractivity contribution in [2.45, 2.75) is 57.5 Å². The Balaban J connectivity index is 1.67.